The van der Waals surface area contributed by atoms with E-state index in [1.54, 1.807) is 0 Å². The number of nitrogens with one attached hydrogen (secondary N) is 1. The normalized spacial score (nSPS) is 24.4. The van der Waals surface area contributed by atoms with Crippen LogP contribution in [0.2, 0.25) is 0 Å². The van der Waals surface area contributed by atoms with Gasteiger partial charge >= 0.3 is 12.0 Å². The van der Waals surface area contributed by atoms with Crippen molar-refractivity contribution in [3.63, 3.8) is 0 Å². The molecule has 2 aromatic carbocycles. The molecule has 4 saturated heterocycles. The molecule has 14 heteroatoms. The number of anilines is 1. The zero-order chi connectivity index (χ0) is 36.5. The van der Waals surface area contributed by atoms with Gasteiger partial charge in [0.2, 0.25) is 5.88 Å². The Hall–Kier alpha value is -4.87. The maximum absolute atomic E-state index is 17.4. The lowest BCUT2D eigenvalue weighted by Crippen LogP contribution is -2.51. The quantitative estimate of drug-likeness (QED) is 0.198. The Morgan fingerprint density at radius 2 is 1.88 bits per heavy atom. The number of aromatic hydroxyl groups is 1. The topological polar surface area (TPSA) is 133 Å². The Morgan fingerprint density at radius 3 is 2.62 bits per heavy atom. The van der Waals surface area contributed by atoms with E-state index in [4.69, 9.17) is 20.9 Å². The van der Waals surface area contributed by atoms with Gasteiger partial charge in [-0.25, -0.2) is 18.2 Å². The number of hydrogen-bond donors (Lipinski definition) is 3. The van der Waals surface area contributed by atoms with Crippen LogP contribution in [0.15, 0.2) is 24.3 Å². The van der Waals surface area contributed by atoms with Crippen molar-refractivity contribution in [1.29, 1.82) is 0 Å². The highest BCUT2D eigenvalue weighted by molar-refractivity contribution is 6.04. The van der Waals surface area contributed by atoms with Gasteiger partial charge in [-0.15, -0.1) is 6.42 Å². The van der Waals surface area contributed by atoms with E-state index in [-0.39, 0.29) is 76.0 Å². The van der Waals surface area contributed by atoms with E-state index in [1.165, 1.54) is 32.0 Å². The molecule has 2 bridgehead atoms. The number of hydrogen-bond acceptors (Lipinski definition) is 10. The molecule has 11 nitrogen and oxygen atoms in total. The van der Waals surface area contributed by atoms with Crippen molar-refractivity contribution < 1.29 is 37.7 Å². The number of nitrogens with zero attached hydrogens (tertiary/aromatic N) is 5. The maximum Gasteiger partial charge on any atom is 0.319 e. The van der Waals surface area contributed by atoms with Gasteiger partial charge in [0, 0.05) is 49.1 Å². The fraction of sp³-hybridized carbons (Fsp3) is 0.474. The van der Waals surface area contributed by atoms with Crippen molar-refractivity contribution in [1.82, 2.24) is 25.2 Å². The fourth-order valence-electron chi connectivity index (χ4n) is 8.36. The highest BCUT2D eigenvalue weighted by atomic mass is 19.1. The van der Waals surface area contributed by atoms with Crippen LogP contribution in [-0.2, 0) is 4.79 Å². The number of benzene rings is 2. The lowest BCUT2D eigenvalue weighted by Gasteiger charge is -2.35. The summed E-state index contributed by atoms with van der Waals surface area (Å²) in [6.07, 6.45) is 8.61. The highest BCUT2D eigenvalue weighted by Crippen LogP contribution is 2.44. The number of piperazine rings is 1. The van der Waals surface area contributed by atoms with Crippen LogP contribution in [-0.4, -0.2) is 99.2 Å². The SMILES string of the molecule is C#Cc1c(F)ccc2cc(O)cc(-c3nc(OCC(C)(C)C(=O)O)c4c(N5CC6CCC(C5)N6)nc(OC[C@@]56CCCN5C[C@H](F)C6)nc4c3F)c12. The second kappa shape index (κ2) is 12.7. The molecule has 52 heavy (non-hydrogen) atoms. The predicted octanol–water partition coefficient (Wildman–Crippen LogP) is 5.20. The molecule has 3 N–H and O–H groups in total. The van der Waals surface area contributed by atoms with E-state index in [0.29, 0.717) is 37.3 Å². The molecule has 272 valence electrons. The van der Waals surface area contributed by atoms with E-state index < -0.39 is 34.7 Å². The van der Waals surface area contributed by atoms with E-state index in [2.05, 4.69) is 26.1 Å². The first-order valence-corrected chi connectivity index (χ1v) is 17.6. The van der Waals surface area contributed by atoms with Crippen LogP contribution in [0.1, 0.15) is 51.5 Å². The molecule has 4 aromatic rings. The Kier molecular flexibility index (Phi) is 8.34. The number of phenolic OH excluding ortho intramolecular Hbond substituents is 1. The Bertz CT molecular complexity index is 2150. The van der Waals surface area contributed by atoms with Gasteiger partial charge in [-0.05, 0) is 69.7 Å². The predicted molar refractivity (Wildman–Crippen MR) is 187 cm³/mol. The Labute approximate surface area is 298 Å². The zero-order valence-corrected chi connectivity index (χ0v) is 28.9. The second-order valence-electron chi connectivity index (χ2n) is 15.2. The van der Waals surface area contributed by atoms with Crippen molar-refractivity contribution in [2.45, 2.75) is 69.7 Å². The van der Waals surface area contributed by atoms with Crippen LogP contribution >= 0.6 is 0 Å². The van der Waals surface area contributed by atoms with E-state index in [9.17, 15) is 19.4 Å². The monoisotopic (exact) mass is 716 g/mol. The first-order valence-electron chi connectivity index (χ1n) is 17.6. The van der Waals surface area contributed by atoms with Crippen LogP contribution in [0.25, 0.3) is 32.9 Å². The summed E-state index contributed by atoms with van der Waals surface area (Å²) in [6.45, 7) is 4.87. The van der Waals surface area contributed by atoms with Gasteiger partial charge in [0.05, 0.1) is 16.5 Å². The van der Waals surface area contributed by atoms with E-state index in [0.717, 1.165) is 38.3 Å². The third-order valence-corrected chi connectivity index (χ3v) is 11.1. The van der Waals surface area contributed by atoms with Gasteiger partial charge in [0.15, 0.2) is 5.82 Å². The lowest BCUT2D eigenvalue weighted by atomic mass is 9.95. The molecule has 8 rings (SSSR count). The minimum atomic E-state index is -1.37. The maximum atomic E-state index is 17.4. The van der Waals surface area contributed by atoms with Crippen LogP contribution in [0, 0.1) is 29.4 Å². The third-order valence-electron chi connectivity index (χ3n) is 11.1. The number of carboxylic acids is 1. The molecule has 0 saturated carbocycles. The van der Waals surface area contributed by atoms with Crippen molar-refractivity contribution in [2.24, 2.45) is 5.41 Å². The van der Waals surface area contributed by atoms with Crippen LogP contribution in [0.4, 0.5) is 19.0 Å². The van der Waals surface area contributed by atoms with Crippen LogP contribution in [0.5, 0.6) is 17.6 Å². The summed E-state index contributed by atoms with van der Waals surface area (Å²) in [4.78, 5) is 30.3. The largest absolute Gasteiger partial charge is 0.508 e. The molecule has 2 unspecified atom stereocenters. The van der Waals surface area contributed by atoms with Crippen molar-refractivity contribution in [2.75, 3.05) is 44.3 Å². The van der Waals surface area contributed by atoms with E-state index in [1.807, 2.05) is 4.90 Å². The third kappa shape index (κ3) is 5.80. The summed E-state index contributed by atoms with van der Waals surface area (Å²) in [5.74, 6) is -0.543. The number of phenols is 1. The van der Waals surface area contributed by atoms with Gasteiger partial charge in [0.25, 0.3) is 0 Å². The average Bonchev–Trinajstić information content (AvgIpc) is 3.76. The molecule has 2 aromatic heterocycles. The summed E-state index contributed by atoms with van der Waals surface area (Å²) in [7, 11) is 0. The summed E-state index contributed by atoms with van der Waals surface area (Å²) in [6, 6.07) is 5.39. The first-order chi connectivity index (χ1) is 24.9. The standard InChI is InChI=1S/C38H39F3N6O5/c1-4-25-27(40)9-6-20-12-24(48)13-26(28(20)25)31-30(41)32-29(34(43-31)51-18-37(2,3)35(49)50)33(46-16-22-7-8-23(17-46)42-22)45-36(44-32)52-19-38-10-5-11-47(38)15-21(39)14-38/h1,6,9,12-13,21-23,42,48H,5,7-8,10-11,14-19H2,2-3H3,(H,49,50)/t21-,22?,23?,38+/m1/s1. The van der Waals surface area contributed by atoms with Gasteiger partial charge in [-0.1, -0.05) is 12.0 Å². The van der Waals surface area contributed by atoms with Crippen LogP contribution < -0.4 is 19.7 Å². The number of pyridine rings is 1. The molecule has 4 aliphatic rings. The number of ether oxygens (including phenoxy) is 2. The minimum Gasteiger partial charge on any atom is -0.508 e. The molecule has 0 spiro atoms. The van der Waals surface area contributed by atoms with E-state index >= 15 is 8.78 Å². The molecule has 0 radical (unpaired) electrons. The number of terminal acetylenes is 1. The fourth-order valence-corrected chi connectivity index (χ4v) is 8.36. The number of alkyl halides is 1. The van der Waals surface area contributed by atoms with Gasteiger partial charge < -0.3 is 29.9 Å². The molecule has 0 aliphatic carbocycles. The second-order valence-corrected chi connectivity index (χ2v) is 15.2. The first kappa shape index (κ1) is 34.2. The van der Waals surface area contributed by atoms with Crippen LogP contribution in [0.3, 0.4) is 0 Å². The number of carbonyl (C=O) groups is 1. The number of carboxylic acid groups (broad SMARTS) is 1. The molecular formula is C38H39F3N6O5. The molecular weight excluding hydrogens is 677 g/mol. The number of fused-ring (bicyclic) bond motifs is 5. The summed E-state index contributed by atoms with van der Waals surface area (Å²) < 4.78 is 59.6. The van der Waals surface area contributed by atoms with Crippen molar-refractivity contribution >= 4 is 33.5 Å². The molecule has 4 aliphatic heterocycles. The molecule has 6 heterocycles. The van der Waals surface area contributed by atoms with Gasteiger partial charge in [0.1, 0.15) is 53.4 Å². The number of rotatable bonds is 9. The number of aromatic nitrogens is 3. The highest BCUT2D eigenvalue weighted by Gasteiger charge is 2.49. The summed E-state index contributed by atoms with van der Waals surface area (Å²) in [5.41, 5.74) is -2.67. The molecule has 4 atom stereocenters. The van der Waals surface area contributed by atoms with Crippen molar-refractivity contribution in [3.05, 3.63) is 41.5 Å². The lowest BCUT2D eigenvalue weighted by molar-refractivity contribution is -0.148. The number of halogens is 3. The smallest absolute Gasteiger partial charge is 0.319 e. The molecule has 4 fully saturated rings. The summed E-state index contributed by atoms with van der Waals surface area (Å²) in [5, 5.41) is 24.8. The average molecular weight is 717 g/mol. The van der Waals surface area contributed by atoms with Gasteiger partial charge in [-0.3, -0.25) is 9.69 Å². The Morgan fingerprint density at radius 1 is 1.12 bits per heavy atom. The Balaban J connectivity index is 1.35. The minimum absolute atomic E-state index is 0.0209. The van der Waals surface area contributed by atoms with Gasteiger partial charge in [-0.2, -0.15) is 9.97 Å². The van der Waals surface area contributed by atoms with Crippen molar-refractivity contribution in [3.8, 4) is 41.2 Å². The summed E-state index contributed by atoms with van der Waals surface area (Å²) >= 11 is 0. The number of aliphatic carboxylic acids is 1. The molecule has 0 amide bonds. The zero-order valence-electron chi connectivity index (χ0n) is 28.9.